The van der Waals surface area contributed by atoms with Crippen molar-refractivity contribution in [2.75, 3.05) is 44.3 Å². The van der Waals surface area contributed by atoms with Gasteiger partial charge in [0.05, 0.1) is 23.9 Å². The maximum atomic E-state index is 14.2. The summed E-state index contributed by atoms with van der Waals surface area (Å²) in [6.07, 6.45) is 6.51. The summed E-state index contributed by atoms with van der Waals surface area (Å²) in [5.74, 6) is -0.143. The molecule has 4 aromatic rings. The molecule has 55 heavy (non-hydrogen) atoms. The van der Waals surface area contributed by atoms with E-state index >= 15 is 0 Å². The third kappa shape index (κ3) is 8.78. The second kappa shape index (κ2) is 17.3. The number of rotatable bonds is 14. The van der Waals surface area contributed by atoms with E-state index in [2.05, 4.69) is 20.3 Å². The van der Waals surface area contributed by atoms with E-state index in [9.17, 15) is 18.8 Å². The topological polar surface area (TPSA) is 145 Å². The van der Waals surface area contributed by atoms with E-state index in [1.54, 1.807) is 41.9 Å². The number of nitrogens with two attached hydrogens (primary N) is 1. The van der Waals surface area contributed by atoms with Crippen LogP contribution in [-0.2, 0) is 20.9 Å². The van der Waals surface area contributed by atoms with Crippen molar-refractivity contribution in [1.82, 2.24) is 29.9 Å². The Morgan fingerprint density at radius 1 is 1.05 bits per heavy atom. The average molecular weight is 811 g/mol. The number of halogens is 3. The summed E-state index contributed by atoms with van der Waals surface area (Å²) in [5.41, 5.74) is 9.42. The van der Waals surface area contributed by atoms with Crippen LogP contribution < -0.4 is 15.8 Å². The number of anilines is 1. The molecule has 2 aromatic heterocycles. The van der Waals surface area contributed by atoms with Crippen LogP contribution in [0.4, 0.5) is 10.2 Å². The number of carbonyl (C=O) groups is 3. The summed E-state index contributed by atoms with van der Waals surface area (Å²) in [5, 5.41) is 7.24. The number of hydrogen-bond donors (Lipinski definition) is 2. The van der Waals surface area contributed by atoms with Crippen LogP contribution in [0, 0.1) is 5.82 Å². The lowest BCUT2D eigenvalue weighted by atomic mass is 10.0. The van der Waals surface area contributed by atoms with Gasteiger partial charge in [-0.1, -0.05) is 29.3 Å². The maximum absolute atomic E-state index is 14.2. The minimum Gasteiger partial charge on any atom is -0.469 e. The van der Waals surface area contributed by atoms with Gasteiger partial charge >= 0.3 is 0 Å². The molecule has 0 saturated carbocycles. The zero-order chi connectivity index (χ0) is 38.6. The van der Waals surface area contributed by atoms with E-state index in [1.165, 1.54) is 12.1 Å². The van der Waals surface area contributed by atoms with Gasteiger partial charge in [0, 0.05) is 83.3 Å². The number of nitrogens with one attached hydrogen (secondary N) is 1. The van der Waals surface area contributed by atoms with Gasteiger partial charge in [-0.15, -0.1) is 11.8 Å². The fourth-order valence-electron chi connectivity index (χ4n) is 7.39. The van der Waals surface area contributed by atoms with Crippen molar-refractivity contribution < 1.29 is 28.2 Å². The number of amides is 3. The number of piperidine rings is 2. The SMILES string of the molecule is C[C@@H](Oc1nc(N)ccc1-c1cnn(C2CCN(CCCOCCSc3cccc4c3CN(C3CCC(=O)NC3=O)C4=O)CC2)c1)c1c(Cl)ccc(F)c1Cl. The van der Waals surface area contributed by atoms with Crippen LogP contribution in [0.2, 0.25) is 10.0 Å². The number of hydrogen-bond acceptors (Lipinski definition) is 10. The van der Waals surface area contributed by atoms with Crippen molar-refractivity contribution in [3.63, 3.8) is 0 Å². The second-order valence-electron chi connectivity index (χ2n) is 13.9. The lowest BCUT2D eigenvalue weighted by molar-refractivity contribution is -0.136. The number of aromatic nitrogens is 3. The predicted molar refractivity (Wildman–Crippen MR) is 209 cm³/mol. The molecule has 290 valence electrons. The minimum absolute atomic E-state index is 0.0953. The van der Waals surface area contributed by atoms with E-state index in [-0.39, 0.29) is 41.0 Å². The van der Waals surface area contributed by atoms with Gasteiger partial charge < -0.3 is 25.0 Å². The van der Waals surface area contributed by atoms with Gasteiger partial charge in [0.15, 0.2) is 0 Å². The van der Waals surface area contributed by atoms with E-state index in [4.69, 9.17) is 38.4 Å². The van der Waals surface area contributed by atoms with Gasteiger partial charge in [-0.2, -0.15) is 10.1 Å². The molecule has 3 amide bonds. The van der Waals surface area contributed by atoms with Crippen molar-refractivity contribution in [2.45, 2.75) is 68.7 Å². The summed E-state index contributed by atoms with van der Waals surface area (Å²) >= 11 is 14.2. The highest BCUT2D eigenvalue weighted by Crippen LogP contribution is 2.38. The Labute approximate surface area is 332 Å². The standard InChI is InChI=1S/C39H42Cl2FN7O5S/c1-23(35-29(40)7-8-30(42)36(35)41)54-38-26(6-10-33(43)45-38)24-20-44-49(21-24)25-12-15-47(16-13-25)14-3-17-53-18-19-55-32-5-2-4-27-28(32)22-48(39(27)52)31-9-11-34(50)46-37(31)51/h2,4-8,10,20-21,23,25,31H,3,9,11-19,22H2,1H3,(H2,43,45)(H,46,50,51)/t23-,31?/m1/s1. The normalized spacial score (nSPS) is 18.4. The molecule has 0 spiro atoms. The number of thioether (sulfide) groups is 1. The largest absolute Gasteiger partial charge is 0.469 e. The Hall–Kier alpha value is -4.21. The van der Waals surface area contributed by atoms with Crippen LogP contribution in [0.25, 0.3) is 11.1 Å². The van der Waals surface area contributed by atoms with Crippen LogP contribution in [0.15, 0.2) is 59.8 Å². The molecule has 0 bridgehead atoms. The Balaban J connectivity index is 0.838. The summed E-state index contributed by atoms with van der Waals surface area (Å²) in [4.78, 5) is 46.6. The minimum atomic E-state index is -0.697. The van der Waals surface area contributed by atoms with Gasteiger partial charge in [-0.3, -0.25) is 24.4 Å². The van der Waals surface area contributed by atoms with E-state index < -0.39 is 23.9 Å². The van der Waals surface area contributed by atoms with Crippen LogP contribution in [0.3, 0.4) is 0 Å². The first-order valence-corrected chi connectivity index (χ1v) is 20.1. The molecule has 2 saturated heterocycles. The summed E-state index contributed by atoms with van der Waals surface area (Å²) in [6.45, 7) is 6.19. The molecule has 16 heteroatoms. The first-order valence-electron chi connectivity index (χ1n) is 18.4. The van der Waals surface area contributed by atoms with Crippen molar-refractivity contribution in [1.29, 1.82) is 0 Å². The first kappa shape index (κ1) is 39.0. The number of likely N-dealkylation sites (tertiary alicyclic amines) is 1. The molecule has 12 nitrogen and oxygen atoms in total. The molecule has 3 N–H and O–H groups in total. The number of ether oxygens (including phenoxy) is 2. The Morgan fingerprint density at radius 3 is 2.67 bits per heavy atom. The lowest BCUT2D eigenvalue weighted by Gasteiger charge is -2.32. The monoisotopic (exact) mass is 809 g/mol. The molecule has 3 aliphatic heterocycles. The number of pyridine rings is 1. The molecule has 0 radical (unpaired) electrons. The van der Waals surface area contributed by atoms with Gasteiger partial charge in [-0.05, 0) is 74.6 Å². The van der Waals surface area contributed by atoms with Crippen LogP contribution in [0.5, 0.6) is 5.88 Å². The highest BCUT2D eigenvalue weighted by atomic mass is 35.5. The lowest BCUT2D eigenvalue weighted by Crippen LogP contribution is -2.52. The molecular weight excluding hydrogens is 768 g/mol. The number of carbonyl (C=O) groups excluding carboxylic acids is 3. The van der Waals surface area contributed by atoms with E-state index in [0.717, 1.165) is 60.7 Å². The molecule has 0 aliphatic carbocycles. The van der Waals surface area contributed by atoms with Crippen molar-refractivity contribution in [3.05, 3.63) is 87.4 Å². The van der Waals surface area contributed by atoms with Gasteiger partial charge in [0.25, 0.3) is 5.91 Å². The quantitative estimate of drug-likeness (QED) is 0.0611. The zero-order valence-electron chi connectivity index (χ0n) is 30.3. The first-order chi connectivity index (χ1) is 26.6. The summed E-state index contributed by atoms with van der Waals surface area (Å²) in [7, 11) is 0. The number of benzene rings is 2. The number of fused-ring (bicyclic) bond motifs is 1. The van der Waals surface area contributed by atoms with E-state index in [1.807, 2.05) is 29.1 Å². The number of nitrogen functional groups attached to an aromatic ring is 1. The van der Waals surface area contributed by atoms with E-state index in [0.29, 0.717) is 47.9 Å². The van der Waals surface area contributed by atoms with Gasteiger partial charge in [0.2, 0.25) is 17.7 Å². The zero-order valence-corrected chi connectivity index (χ0v) is 32.6. The number of imide groups is 1. The molecule has 5 heterocycles. The molecule has 3 aliphatic rings. The smallest absolute Gasteiger partial charge is 0.255 e. The molecule has 2 atom stereocenters. The second-order valence-corrected chi connectivity index (χ2v) is 15.8. The van der Waals surface area contributed by atoms with Crippen LogP contribution in [0.1, 0.15) is 72.7 Å². The molecule has 7 rings (SSSR count). The van der Waals surface area contributed by atoms with Gasteiger partial charge in [-0.25, -0.2) is 4.39 Å². The molecule has 2 fully saturated rings. The third-order valence-corrected chi connectivity index (χ3v) is 12.1. The van der Waals surface area contributed by atoms with Crippen LogP contribution in [-0.4, -0.2) is 86.9 Å². The highest BCUT2D eigenvalue weighted by molar-refractivity contribution is 7.99. The predicted octanol–water partition coefficient (Wildman–Crippen LogP) is 6.71. The summed E-state index contributed by atoms with van der Waals surface area (Å²) < 4.78 is 28.4. The van der Waals surface area contributed by atoms with Gasteiger partial charge in [0.1, 0.15) is 23.8 Å². The number of nitrogens with zero attached hydrogens (tertiary/aromatic N) is 5. The fourth-order valence-corrected chi connectivity index (χ4v) is 9.01. The van der Waals surface area contributed by atoms with Crippen molar-refractivity contribution in [3.8, 4) is 17.0 Å². The fraction of sp³-hybridized carbons (Fsp3) is 0.410. The van der Waals surface area contributed by atoms with Crippen molar-refractivity contribution in [2.24, 2.45) is 0 Å². The summed E-state index contributed by atoms with van der Waals surface area (Å²) in [6, 6.07) is 11.5. The maximum Gasteiger partial charge on any atom is 0.255 e. The van der Waals surface area contributed by atoms with Crippen molar-refractivity contribution >= 4 is 58.5 Å². The Bertz CT molecular complexity index is 2080. The van der Waals surface area contributed by atoms with Crippen LogP contribution >= 0.6 is 35.0 Å². The highest BCUT2D eigenvalue weighted by Gasteiger charge is 2.39. The Morgan fingerprint density at radius 2 is 1.87 bits per heavy atom. The Kier molecular flexibility index (Phi) is 12.3. The average Bonchev–Trinajstić information content (AvgIpc) is 3.79. The molecule has 2 aromatic carbocycles. The molecule has 1 unspecified atom stereocenters. The third-order valence-electron chi connectivity index (χ3n) is 10.3. The molecular formula is C39H42Cl2FN7O5S.